The number of hydrogen-bond acceptors (Lipinski definition) is 3. The van der Waals surface area contributed by atoms with Crippen molar-refractivity contribution in [1.82, 2.24) is 4.90 Å². The van der Waals surface area contributed by atoms with Gasteiger partial charge in [-0.05, 0) is 30.2 Å². The third-order valence-electron chi connectivity index (χ3n) is 2.80. The normalized spacial score (nSPS) is 20.9. The lowest BCUT2D eigenvalue weighted by Gasteiger charge is -2.15. The van der Waals surface area contributed by atoms with Crippen LogP contribution in [-0.4, -0.2) is 24.0 Å². The van der Waals surface area contributed by atoms with E-state index in [2.05, 4.69) is 4.90 Å². The van der Waals surface area contributed by atoms with Gasteiger partial charge in [0, 0.05) is 25.7 Å². The van der Waals surface area contributed by atoms with E-state index < -0.39 is 0 Å². The number of benzene rings is 1. The maximum atomic E-state index is 13.2. The predicted molar refractivity (Wildman–Crippen MR) is 59.0 cm³/mol. The molecule has 0 bridgehead atoms. The van der Waals surface area contributed by atoms with Crippen LogP contribution in [0.5, 0.6) is 0 Å². The zero-order chi connectivity index (χ0) is 11.5. The molecule has 0 spiro atoms. The van der Waals surface area contributed by atoms with E-state index in [4.69, 9.17) is 11.0 Å². The molecule has 0 amide bonds. The number of rotatable bonds is 2. The van der Waals surface area contributed by atoms with E-state index in [9.17, 15) is 4.39 Å². The fourth-order valence-corrected chi connectivity index (χ4v) is 2.07. The second-order valence-corrected chi connectivity index (χ2v) is 4.24. The fourth-order valence-electron chi connectivity index (χ4n) is 2.07. The highest BCUT2D eigenvalue weighted by Crippen LogP contribution is 2.14. The lowest BCUT2D eigenvalue weighted by molar-refractivity contribution is 0.326. The first-order valence-corrected chi connectivity index (χ1v) is 5.35. The van der Waals surface area contributed by atoms with Crippen molar-refractivity contribution < 1.29 is 4.39 Å². The van der Waals surface area contributed by atoms with E-state index in [0.717, 1.165) is 25.1 Å². The van der Waals surface area contributed by atoms with Gasteiger partial charge >= 0.3 is 0 Å². The summed E-state index contributed by atoms with van der Waals surface area (Å²) < 4.78 is 13.2. The topological polar surface area (TPSA) is 53.0 Å². The predicted octanol–water partition coefficient (Wildman–Crippen LogP) is 1.23. The molecule has 1 aliphatic heterocycles. The molecule has 84 valence electrons. The van der Waals surface area contributed by atoms with Crippen molar-refractivity contribution in [2.75, 3.05) is 13.1 Å². The smallest absolute Gasteiger partial charge is 0.124 e. The minimum Gasteiger partial charge on any atom is -0.326 e. The van der Waals surface area contributed by atoms with Gasteiger partial charge in [-0.15, -0.1) is 0 Å². The molecule has 0 radical (unpaired) electrons. The van der Waals surface area contributed by atoms with Crippen molar-refractivity contribution in [2.24, 2.45) is 5.73 Å². The first-order chi connectivity index (χ1) is 7.67. The van der Waals surface area contributed by atoms with Gasteiger partial charge in [0.05, 0.1) is 11.6 Å². The Bertz CT molecular complexity index is 425. The van der Waals surface area contributed by atoms with E-state index in [1.165, 1.54) is 12.1 Å². The molecule has 1 heterocycles. The Morgan fingerprint density at radius 1 is 1.50 bits per heavy atom. The quantitative estimate of drug-likeness (QED) is 0.814. The monoisotopic (exact) mass is 219 g/mol. The van der Waals surface area contributed by atoms with Crippen LogP contribution in [0.15, 0.2) is 18.2 Å². The number of nitriles is 1. The van der Waals surface area contributed by atoms with Crippen LogP contribution in [0.1, 0.15) is 17.5 Å². The first kappa shape index (κ1) is 11.1. The van der Waals surface area contributed by atoms with Crippen molar-refractivity contribution in [1.29, 1.82) is 5.26 Å². The highest BCUT2D eigenvalue weighted by molar-refractivity contribution is 5.33. The Morgan fingerprint density at radius 2 is 2.31 bits per heavy atom. The van der Waals surface area contributed by atoms with Crippen molar-refractivity contribution in [3.05, 3.63) is 35.1 Å². The molecule has 1 aliphatic rings. The van der Waals surface area contributed by atoms with Crippen LogP contribution in [0.3, 0.4) is 0 Å². The molecule has 1 atom stereocenters. The third-order valence-corrected chi connectivity index (χ3v) is 2.80. The van der Waals surface area contributed by atoms with Crippen molar-refractivity contribution in [2.45, 2.75) is 19.0 Å². The number of hydrogen-bond donors (Lipinski definition) is 1. The molecule has 1 aromatic rings. The Morgan fingerprint density at radius 3 is 2.94 bits per heavy atom. The second-order valence-electron chi connectivity index (χ2n) is 4.24. The molecule has 1 fully saturated rings. The summed E-state index contributed by atoms with van der Waals surface area (Å²) in [5.74, 6) is -0.349. The van der Waals surface area contributed by atoms with Gasteiger partial charge in [0.25, 0.3) is 0 Å². The van der Waals surface area contributed by atoms with Gasteiger partial charge in [-0.25, -0.2) is 4.39 Å². The Hall–Kier alpha value is -1.44. The standard InChI is InChI=1S/C12H14FN3/c13-11-4-9(6-14)3-10(5-11)7-16-2-1-12(15)8-16/h3-5,12H,1-2,7-8,15H2/t12-/m0/s1. The molecule has 0 saturated carbocycles. The van der Waals surface area contributed by atoms with E-state index >= 15 is 0 Å². The summed E-state index contributed by atoms with van der Waals surface area (Å²) in [4.78, 5) is 2.18. The molecule has 1 saturated heterocycles. The summed E-state index contributed by atoms with van der Waals surface area (Å²) in [5.41, 5.74) is 7.01. The van der Waals surface area contributed by atoms with Crippen LogP contribution >= 0.6 is 0 Å². The lowest BCUT2D eigenvalue weighted by atomic mass is 10.1. The van der Waals surface area contributed by atoms with Gasteiger partial charge in [0.1, 0.15) is 5.82 Å². The van der Waals surface area contributed by atoms with Crippen LogP contribution in [0.4, 0.5) is 4.39 Å². The maximum absolute atomic E-state index is 13.2. The minimum absolute atomic E-state index is 0.226. The lowest BCUT2D eigenvalue weighted by Crippen LogP contribution is -2.26. The molecular formula is C12H14FN3. The van der Waals surface area contributed by atoms with Crippen LogP contribution in [0.2, 0.25) is 0 Å². The molecule has 1 aromatic carbocycles. The largest absolute Gasteiger partial charge is 0.326 e. The fraction of sp³-hybridized carbons (Fsp3) is 0.417. The number of nitrogens with zero attached hydrogens (tertiary/aromatic N) is 2. The molecule has 4 heteroatoms. The average Bonchev–Trinajstić information content (AvgIpc) is 2.63. The summed E-state index contributed by atoms with van der Waals surface area (Å²) in [6.07, 6.45) is 0.987. The SMILES string of the molecule is N#Cc1cc(F)cc(CN2CC[C@H](N)C2)c1. The Labute approximate surface area is 94.3 Å². The summed E-state index contributed by atoms with van der Waals surface area (Å²) >= 11 is 0. The van der Waals surface area contributed by atoms with Crippen molar-refractivity contribution in [3.63, 3.8) is 0 Å². The van der Waals surface area contributed by atoms with Gasteiger partial charge in [0.2, 0.25) is 0 Å². The first-order valence-electron chi connectivity index (χ1n) is 5.35. The van der Waals surface area contributed by atoms with Crippen LogP contribution in [0, 0.1) is 17.1 Å². The summed E-state index contributed by atoms with van der Waals surface area (Å²) in [6.45, 7) is 2.46. The summed E-state index contributed by atoms with van der Waals surface area (Å²) in [6, 6.07) is 6.64. The van der Waals surface area contributed by atoms with E-state index in [1.807, 2.05) is 6.07 Å². The highest BCUT2D eigenvalue weighted by Gasteiger charge is 2.19. The maximum Gasteiger partial charge on any atom is 0.124 e. The minimum atomic E-state index is -0.349. The van der Waals surface area contributed by atoms with Gasteiger partial charge in [-0.2, -0.15) is 5.26 Å². The zero-order valence-electron chi connectivity index (χ0n) is 8.99. The summed E-state index contributed by atoms with van der Waals surface area (Å²) in [5, 5.41) is 8.74. The van der Waals surface area contributed by atoms with E-state index in [1.54, 1.807) is 6.07 Å². The number of halogens is 1. The van der Waals surface area contributed by atoms with Crippen molar-refractivity contribution >= 4 is 0 Å². The molecular weight excluding hydrogens is 205 g/mol. The Balaban J connectivity index is 2.10. The number of likely N-dealkylation sites (tertiary alicyclic amines) is 1. The van der Waals surface area contributed by atoms with Crippen LogP contribution in [-0.2, 0) is 6.54 Å². The van der Waals surface area contributed by atoms with E-state index in [-0.39, 0.29) is 11.9 Å². The van der Waals surface area contributed by atoms with Crippen molar-refractivity contribution in [3.8, 4) is 6.07 Å². The van der Waals surface area contributed by atoms with E-state index in [0.29, 0.717) is 12.1 Å². The van der Waals surface area contributed by atoms with Gasteiger partial charge < -0.3 is 5.73 Å². The second kappa shape index (κ2) is 4.60. The summed E-state index contributed by atoms with van der Waals surface area (Å²) in [7, 11) is 0. The highest BCUT2D eigenvalue weighted by atomic mass is 19.1. The molecule has 0 unspecified atom stereocenters. The van der Waals surface area contributed by atoms with Gasteiger partial charge in [0.15, 0.2) is 0 Å². The number of nitrogens with two attached hydrogens (primary N) is 1. The van der Waals surface area contributed by atoms with Crippen LogP contribution < -0.4 is 5.73 Å². The molecule has 16 heavy (non-hydrogen) atoms. The average molecular weight is 219 g/mol. The molecule has 2 N–H and O–H groups in total. The molecule has 0 aliphatic carbocycles. The molecule has 0 aromatic heterocycles. The van der Waals surface area contributed by atoms with Crippen LogP contribution in [0.25, 0.3) is 0 Å². The van der Waals surface area contributed by atoms with Gasteiger partial charge in [-0.3, -0.25) is 4.90 Å². The Kier molecular flexibility index (Phi) is 3.18. The van der Waals surface area contributed by atoms with Gasteiger partial charge in [-0.1, -0.05) is 0 Å². The molecule has 2 rings (SSSR count). The third kappa shape index (κ3) is 2.57. The zero-order valence-corrected chi connectivity index (χ0v) is 8.99. The molecule has 3 nitrogen and oxygen atoms in total.